The van der Waals surface area contributed by atoms with E-state index in [0.29, 0.717) is 0 Å². The third-order valence-corrected chi connectivity index (χ3v) is 3.67. The van der Waals surface area contributed by atoms with Crippen molar-refractivity contribution in [1.82, 2.24) is 10.6 Å². The molecule has 0 bridgehead atoms. The number of carbonyl (C=O) groups excluding carboxylic acids is 2. The summed E-state index contributed by atoms with van der Waals surface area (Å²) in [4.78, 5) is 23.1. The van der Waals surface area contributed by atoms with E-state index in [0.717, 1.165) is 25.7 Å². The summed E-state index contributed by atoms with van der Waals surface area (Å²) in [5, 5.41) is 15.7. The molecule has 0 saturated heterocycles. The van der Waals surface area contributed by atoms with Crippen LogP contribution in [-0.2, 0) is 9.59 Å². The second-order valence-electron chi connectivity index (χ2n) is 6.54. The van der Waals surface area contributed by atoms with Gasteiger partial charge in [-0.2, -0.15) is 0 Å². The molecule has 1 atom stereocenters. The maximum Gasteiger partial charge on any atom is 0.249 e. The van der Waals surface area contributed by atoms with E-state index in [9.17, 15) is 14.7 Å². The smallest absolute Gasteiger partial charge is 0.249 e. The standard InChI is InChI=1S/C15H26N2O3/c1-5-12(18)16-10-6-8-11(9-7-10)17-14(20)13(19)15(2,3)4/h5,10-11,13,19H,1,6-9H2,2-4H3,(H,16,18)(H,17,20)/t10?,11?,13-/m1/s1. The molecule has 20 heavy (non-hydrogen) atoms. The van der Waals surface area contributed by atoms with Crippen LogP contribution >= 0.6 is 0 Å². The van der Waals surface area contributed by atoms with Gasteiger partial charge in [0.2, 0.25) is 11.8 Å². The molecule has 1 aliphatic rings. The normalized spacial score (nSPS) is 24.6. The summed E-state index contributed by atoms with van der Waals surface area (Å²) in [5.41, 5.74) is -0.459. The summed E-state index contributed by atoms with van der Waals surface area (Å²) >= 11 is 0. The zero-order valence-electron chi connectivity index (χ0n) is 12.6. The quantitative estimate of drug-likeness (QED) is 0.676. The molecule has 1 rings (SSSR count). The minimum Gasteiger partial charge on any atom is -0.383 e. The highest BCUT2D eigenvalue weighted by atomic mass is 16.3. The molecule has 0 aliphatic heterocycles. The van der Waals surface area contributed by atoms with Crippen molar-refractivity contribution in [2.75, 3.05) is 0 Å². The maximum absolute atomic E-state index is 11.9. The molecular weight excluding hydrogens is 256 g/mol. The largest absolute Gasteiger partial charge is 0.383 e. The molecule has 0 unspecified atom stereocenters. The summed E-state index contributed by atoms with van der Waals surface area (Å²) in [6.07, 6.45) is 3.55. The van der Waals surface area contributed by atoms with Crippen LogP contribution in [0.2, 0.25) is 0 Å². The Kier molecular flexibility index (Phi) is 5.74. The van der Waals surface area contributed by atoms with E-state index < -0.39 is 11.5 Å². The Morgan fingerprint density at radius 1 is 1.15 bits per heavy atom. The molecule has 114 valence electrons. The van der Waals surface area contributed by atoms with Crippen LogP contribution in [0.25, 0.3) is 0 Å². The van der Waals surface area contributed by atoms with Gasteiger partial charge in [-0.25, -0.2) is 0 Å². The van der Waals surface area contributed by atoms with Gasteiger partial charge in [-0.15, -0.1) is 0 Å². The Morgan fingerprint density at radius 3 is 2.00 bits per heavy atom. The Morgan fingerprint density at radius 2 is 1.60 bits per heavy atom. The van der Waals surface area contributed by atoms with Gasteiger partial charge in [0.1, 0.15) is 6.10 Å². The Bertz CT molecular complexity index is 366. The van der Waals surface area contributed by atoms with Crippen molar-refractivity contribution in [2.24, 2.45) is 5.41 Å². The average Bonchev–Trinajstić information content (AvgIpc) is 2.38. The third kappa shape index (κ3) is 4.96. The minimum atomic E-state index is -0.999. The Labute approximate surface area is 120 Å². The van der Waals surface area contributed by atoms with Crippen LogP contribution in [-0.4, -0.2) is 35.1 Å². The molecule has 2 amide bonds. The average molecular weight is 282 g/mol. The van der Waals surface area contributed by atoms with Gasteiger partial charge in [0.25, 0.3) is 0 Å². The molecule has 0 aromatic carbocycles. The molecule has 0 aromatic rings. The van der Waals surface area contributed by atoms with Crippen LogP contribution in [0.15, 0.2) is 12.7 Å². The van der Waals surface area contributed by atoms with Crippen LogP contribution in [0.4, 0.5) is 0 Å². The molecule has 5 heteroatoms. The SMILES string of the molecule is C=CC(=O)NC1CCC(NC(=O)[C@@H](O)C(C)(C)C)CC1. The lowest BCUT2D eigenvalue weighted by molar-refractivity contribution is -0.135. The van der Waals surface area contributed by atoms with Crippen LogP contribution in [0, 0.1) is 5.41 Å². The van der Waals surface area contributed by atoms with Crippen molar-refractivity contribution < 1.29 is 14.7 Å². The molecule has 0 heterocycles. The Hall–Kier alpha value is -1.36. The van der Waals surface area contributed by atoms with Gasteiger partial charge < -0.3 is 15.7 Å². The number of rotatable bonds is 4. The van der Waals surface area contributed by atoms with Crippen molar-refractivity contribution >= 4 is 11.8 Å². The molecule has 1 saturated carbocycles. The van der Waals surface area contributed by atoms with E-state index in [1.54, 1.807) is 0 Å². The van der Waals surface area contributed by atoms with Gasteiger partial charge in [0, 0.05) is 12.1 Å². The van der Waals surface area contributed by atoms with Crippen LogP contribution in [0.3, 0.4) is 0 Å². The molecule has 1 aliphatic carbocycles. The van der Waals surface area contributed by atoms with Crippen LogP contribution in [0.1, 0.15) is 46.5 Å². The number of hydrogen-bond donors (Lipinski definition) is 3. The zero-order chi connectivity index (χ0) is 15.3. The summed E-state index contributed by atoms with van der Waals surface area (Å²) in [7, 11) is 0. The monoisotopic (exact) mass is 282 g/mol. The number of carbonyl (C=O) groups is 2. The molecule has 0 spiro atoms. The highest BCUT2D eigenvalue weighted by molar-refractivity contribution is 5.87. The third-order valence-electron chi connectivity index (χ3n) is 3.67. The lowest BCUT2D eigenvalue weighted by Gasteiger charge is -2.32. The van der Waals surface area contributed by atoms with Gasteiger partial charge in [-0.1, -0.05) is 27.4 Å². The summed E-state index contributed by atoms with van der Waals surface area (Å²) < 4.78 is 0. The highest BCUT2D eigenvalue weighted by Crippen LogP contribution is 2.22. The lowest BCUT2D eigenvalue weighted by Crippen LogP contribution is -2.49. The van der Waals surface area contributed by atoms with Gasteiger partial charge >= 0.3 is 0 Å². The molecule has 0 radical (unpaired) electrons. The first kappa shape index (κ1) is 16.7. The fraction of sp³-hybridized carbons (Fsp3) is 0.733. The maximum atomic E-state index is 11.9. The number of amides is 2. The fourth-order valence-electron chi connectivity index (χ4n) is 2.32. The molecule has 1 fully saturated rings. The van der Waals surface area contributed by atoms with E-state index in [2.05, 4.69) is 17.2 Å². The number of aliphatic hydroxyl groups excluding tert-OH is 1. The summed E-state index contributed by atoms with van der Waals surface area (Å²) in [5.74, 6) is -0.461. The number of nitrogens with one attached hydrogen (secondary N) is 2. The number of aliphatic hydroxyl groups is 1. The van der Waals surface area contributed by atoms with E-state index in [1.807, 2.05) is 20.8 Å². The Balaban J connectivity index is 2.37. The summed E-state index contributed by atoms with van der Waals surface area (Å²) in [6.45, 7) is 8.92. The fourth-order valence-corrected chi connectivity index (χ4v) is 2.32. The molecular formula is C15H26N2O3. The molecule has 3 N–H and O–H groups in total. The second-order valence-corrected chi connectivity index (χ2v) is 6.54. The zero-order valence-corrected chi connectivity index (χ0v) is 12.6. The highest BCUT2D eigenvalue weighted by Gasteiger charge is 2.31. The first-order chi connectivity index (χ1) is 9.24. The number of hydrogen-bond acceptors (Lipinski definition) is 3. The van der Waals surface area contributed by atoms with Crippen molar-refractivity contribution in [1.29, 1.82) is 0 Å². The van der Waals surface area contributed by atoms with Gasteiger partial charge in [-0.05, 0) is 37.2 Å². The van der Waals surface area contributed by atoms with E-state index >= 15 is 0 Å². The molecule has 0 aromatic heterocycles. The van der Waals surface area contributed by atoms with E-state index in [4.69, 9.17) is 0 Å². The predicted octanol–water partition coefficient (Wildman–Crippen LogP) is 1.12. The van der Waals surface area contributed by atoms with E-state index in [1.165, 1.54) is 6.08 Å². The first-order valence-electron chi connectivity index (χ1n) is 7.15. The van der Waals surface area contributed by atoms with Crippen molar-refractivity contribution in [2.45, 2.75) is 64.6 Å². The van der Waals surface area contributed by atoms with Crippen LogP contribution in [0.5, 0.6) is 0 Å². The van der Waals surface area contributed by atoms with Gasteiger partial charge in [0.15, 0.2) is 0 Å². The predicted molar refractivity (Wildman–Crippen MR) is 78.0 cm³/mol. The second kappa shape index (κ2) is 6.88. The van der Waals surface area contributed by atoms with Crippen LogP contribution < -0.4 is 10.6 Å². The van der Waals surface area contributed by atoms with E-state index in [-0.39, 0.29) is 23.9 Å². The summed E-state index contributed by atoms with van der Waals surface area (Å²) in [6, 6.07) is 0.234. The van der Waals surface area contributed by atoms with Gasteiger partial charge in [0.05, 0.1) is 0 Å². The lowest BCUT2D eigenvalue weighted by atomic mass is 9.87. The van der Waals surface area contributed by atoms with Crippen molar-refractivity contribution in [3.05, 3.63) is 12.7 Å². The molecule has 5 nitrogen and oxygen atoms in total. The van der Waals surface area contributed by atoms with Crippen molar-refractivity contribution in [3.63, 3.8) is 0 Å². The first-order valence-corrected chi connectivity index (χ1v) is 7.15. The topological polar surface area (TPSA) is 78.4 Å². The van der Waals surface area contributed by atoms with Crippen molar-refractivity contribution in [3.8, 4) is 0 Å². The minimum absolute atomic E-state index is 0.0800. The van der Waals surface area contributed by atoms with Gasteiger partial charge in [-0.3, -0.25) is 9.59 Å².